The van der Waals surface area contributed by atoms with Crippen LogP contribution in [-0.2, 0) is 0 Å². The van der Waals surface area contributed by atoms with Gasteiger partial charge in [0.15, 0.2) is 5.76 Å². The van der Waals surface area contributed by atoms with Gasteiger partial charge in [-0.05, 0) is 43.5 Å². The molecule has 19 heavy (non-hydrogen) atoms. The van der Waals surface area contributed by atoms with Crippen LogP contribution in [-0.4, -0.2) is 16.2 Å². The Kier molecular flexibility index (Phi) is 3.44. The van der Waals surface area contributed by atoms with Crippen LogP contribution in [0.2, 0.25) is 0 Å². The van der Waals surface area contributed by atoms with Crippen LogP contribution in [0.15, 0.2) is 28.9 Å². The van der Waals surface area contributed by atoms with Crippen molar-refractivity contribution in [3.8, 4) is 0 Å². The van der Waals surface area contributed by atoms with Crippen molar-refractivity contribution in [1.82, 2.24) is 0 Å². The van der Waals surface area contributed by atoms with Crippen LogP contribution < -0.4 is 0 Å². The van der Waals surface area contributed by atoms with E-state index in [-0.39, 0.29) is 11.3 Å². The van der Waals surface area contributed by atoms with E-state index in [1.807, 2.05) is 32.9 Å². The van der Waals surface area contributed by atoms with Gasteiger partial charge in [0.1, 0.15) is 11.7 Å². The summed E-state index contributed by atoms with van der Waals surface area (Å²) in [6.45, 7) is 5.76. The zero-order valence-corrected chi connectivity index (χ0v) is 11.1. The molecule has 0 saturated carbocycles. The van der Waals surface area contributed by atoms with Crippen LogP contribution in [0.25, 0.3) is 0 Å². The highest BCUT2D eigenvalue weighted by molar-refractivity contribution is 5.89. The van der Waals surface area contributed by atoms with Crippen molar-refractivity contribution in [3.05, 3.63) is 58.0 Å². The van der Waals surface area contributed by atoms with Crippen LogP contribution in [0.4, 0.5) is 0 Å². The molecule has 100 valence electrons. The number of carboxylic acids is 1. The van der Waals surface area contributed by atoms with Crippen LogP contribution in [0.5, 0.6) is 0 Å². The van der Waals surface area contributed by atoms with Gasteiger partial charge in [-0.15, -0.1) is 0 Å². The first-order valence-corrected chi connectivity index (χ1v) is 5.98. The minimum absolute atomic E-state index is 0.00752. The molecule has 4 nitrogen and oxygen atoms in total. The quantitative estimate of drug-likeness (QED) is 0.890. The molecular formula is C15H16O4. The van der Waals surface area contributed by atoms with Crippen molar-refractivity contribution in [1.29, 1.82) is 0 Å². The van der Waals surface area contributed by atoms with Crippen molar-refractivity contribution in [2.24, 2.45) is 0 Å². The summed E-state index contributed by atoms with van der Waals surface area (Å²) in [7, 11) is 0. The highest BCUT2D eigenvalue weighted by atomic mass is 16.4. The van der Waals surface area contributed by atoms with E-state index < -0.39 is 12.1 Å². The van der Waals surface area contributed by atoms with Gasteiger partial charge in [0.05, 0.1) is 6.26 Å². The van der Waals surface area contributed by atoms with E-state index in [2.05, 4.69) is 0 Å². The van der Waals surface area contributed by atoms with Crippen LogP contribution >= 0.6 is 0 Å². The number of rotatable bonds is 3. The number of aromatic carboxylic acids is 1. The number of benzene rings is 1. The fourth-order valence-corrected chi connectivity index (χ4v) is 2.46. The number of hydrogen-bond acceptors (Lipinski definition) is 3. The lowest BCUT2D eigenvalue weighted by Gasteiger charge is -2.16. The van der Waals surface area contributed by atoms with Gasteiger partial charge in [-0.3, -0.25) is 0 Å². The van der Waals surface area contributed by atoms with Gasteiger partial charge in [0, 0.05) is 0 Å². The van der Waals surface area contributed by atoms with Crippen molar-refractivity contribution in [2.45, 2.75) is 26.9 Å². The summed E-state index contributed by atoms with van der Waals surface area (Å²) in [6.07, 6.45) is 0.211. The molecular weight excluding hydrogens is 244 g/mol. The summed E-state index contributed by atoms with van der Waals surface area (Å²) in [4.78, 5) is 11.1. The van der Waals surface area contributed by atoms with Crippen molar-refractivity contribution >= 4 is 5.97 Å². The maximum atomic E-state index is 11.1. The van der Waals surface area contributed by atoms with E-state index in [0.29, 0.717) is 5.56 Å². The summed E-state index contributed by atoms with van der Waals surface area (Å²) in [5.74, 6) is -1.03. The third-order valence-corrected chi connectivity index (χ3v) is 3.19. The molecule has 1 atom stereocenters. The number of carboxylic acid groups (broad SMARTS) is 1. The van der Waals surface area contributed by atoms with Crippen LogP contribution in [0.1, 0.15) is 44.5 Å². The second kappa shape index (κ2) is 4.90. The fourth-order valence-electron chi connectivity index (χ4n) is 2.46. The molecule has 0 radical (unpaired) electrons. The third-order valence-electron chi connectivity index (χ3n) is 3.19. The van der Waals surface area contributed by atoms with E-state index in [1.54, 1.807) is 0 Å². The Bertz CT molecular complexity index is 602. The van der Waals surface area contributed by atoms with Crippen molar-refractivity contribution < 1.29 is 19.4 Å². The largest absolute Gasteiger partial charge is 0.478 e. The Morgan fingerprint density at radius 3 is 2.32 bits per heavy atom. The monoisotopic (exact) mass is 260 g/mol. The van der Waals surface area contributed by atoms with Crippen LogP contribution in [0.3, 0.4) is 0 Å². The summed E-state index contributed by atoms with van der Waals surface area (Å²) in [5, 5.41) is 19.5. The summed E-state index contributed by atoms with van der Waals surface area (Å²) < 4.78 is 5.15. The first-order chi connectivity index (χ1) is 8.91. The molecule has 0 bridgehead atoms. The first kappa shape index (κ1) is 13.4. The van der Waals surface area contributed by atoms with Gasteiger partial charge in [-0.25, -0.2) is 4.79 Å². The third kappa shape index (κ3) is 2.39. The summed E-state index contributed by atoms with van der Waals surface area (Å²) in [5.41, 5.74) is 3.62. The zero-order valence-electron chi connectivity index (χ0n) is 11.1. The van der Waals surface area contributed by atoms with E-state index in [4.69, 9.17) is 9.52 Å². The van der Waals surface area contributed by atoms with Crippen LogP contribution in [0, 0.1) is 20.8 Å². The smallest absolute Gasteiger partial charge is 0.339 e. The molecule has 0 aliphatic rings. The lowest BCUT2D eigenvalue weighted by Crippen LogP contribution is -2.08. The van der Waals surface area contributed by atoms with E-state index in [0.717, 1.165) is 16.7 Å². The standard InChI is InChI=1S/C15H16O4/c1-8-6-9(2)12(10(3)7-8)13(16)14-11(15(17)18)4-5-19-14/h4-7,13,16H,1-3H3,(H,17,18). The number of aliphatic hydroxyl groups excluding tert-OH is 1. The lowest BCUT2D eigenvalue weighted by molar-refractivity contribution is 0.0687. The molecule has 0 spiro atoms. The molecule has 2 aromatic rings. The molecule has 4 heteroatoms. The topological polar surface area (TPSA) is 70.7 Å². The second-order valence-corrected chi connectivity index (χ2v) is 4.72. The molecule has 0 fully saturated rings. The Hall–Kier alpha value is -2.07. The summed E-state index contributed by atoms with van der Waals surface area (Å²) >= 11 is 0. The minimum atomic E-state index is -1.11. The normalized spacial score (nSPS) is 12.4. The fraction of sp³-hybridized carbons (Fsp3) is 0.267. The number of furan rings is 1. The molecule has 0 aliphatic heterocycles. The maximum absolute atomic E-state index is 11.1. The molecule has 0 amide bonds. The predicted octanol–water partition coefficient (Wildman–Crippen LogP) is 2.98. The SMILES string of the molecule is Cc1cc(C)c(C(O)c2occc2C(=O)O)c(C)c1. The Morgan fingerprint density at radius 1 is 1.21 bits per heavy atom. The van der Waals surface area contributed by atoms with Gasteiger partial charge in [-0.1, -0.05) is 17.7 Å². The van der Waals surface area contributed by atoms with Crippen molar-refractivity contribution in [3.63, 3.8) is 0 Å². The molecule has 1 unspecified atom stereocenters. The number of carbonyl (C=O) groups is 1. The van der Waals surface area contributed by atoms with E-state index in [1.165, 1.54) is 12.3 Å². The molecule has 2 N–H and O–H groups in total. The Balaban J connectivity index is 2.53. The Morgan fingerprint density at radius 2 is 1.79 bits per heavy atom. The molecule has 1 aromatic heterocycles. The molecule has 1 aromatic carbocycles. The maximum Gasteiger partial charge on any atom is 0.339 e. The van der Waals surface area contributed by atoms with Gasteiger partial charge in [-0.2, -0.15) is 0 Å². The molecule has 0 aliphatic carbocycles. The van der Waals surface area contributed by atoms with E-state index in [9.17, 15) is 9.90 Å². The van der Waals surface area contributed by atoms with E-state index >= 15 is 0 Å². The highest BCUT2D eigenvalue weighted by Gasteiger charge is 2.24. The molecule has 1 heterocycles. The molecule has 2 rings (SSSR count). The first-order valence-electron chi connectivity index (χ1n) is 5.98. The second-order valence-electron chi connectivity index (χ2n) is 4.72. The molecule has 0 saturated heterocycles. The zero-order chi connectivity index (χ0) is 14.2. The van der Waals surface area contributed by atoms with Gasteiger partial charge in [0.2, 0.25) is 0 Å². The van der Waals surface area contributed by atoms with Gasteiger partial charge < -0.3 is 14.6 Å². The highest BCUT2D eigenvalue weighted by Crippen LogP contribution is 2.31. The van der Waals surface area contributed by atoms with Gasteiger partial charge >= 0.3 is 5.97 Å². The number of hydrogen-bond donors (Lipinski definition) is 2. The number of aliphatic hydroxyl groups is 1. The predicted molar refractivity (Wildman–Crippen MR) is 70.4 cm³/mol. The minimum Gasteiger partial charge on any atom is -0.478 e. The summed E-state index contributed by atoms with van der Waals surface area (Å²) in [6, 6.07) is 5.25. The Labute approximate surface area is 111 Å². The van der Waals surface area contributed by atoms with Gasteiger partial charge in [0.25, 0.3) is 0 Å². The average Bonchev–Trinajstić information content (AvgIpc) is 2.75. The number of aryl methyl sites for hydroxylation is 3. The lowest BCUT2D eigenvalue weighted by atomic mass is 9.93. The van der Waals surface area contributed by atoms with Crippen molar-refractivity contribution in [2.75, 3.05) is 0 Å². The average molecular weight is 260 g/mol.